The summed E-state index contributed by atoms with van der Waals surface area (Å²) in [5.74, 6) is -0.391. The van der Waals surface area contributed by atoms with E-state index >= 15 is 0 Å². The van der Waals surface area contributed by atoms with Gasteiger partial charge in [0.05, 0.1) is 10.5 Å². The van der Waals surface area contributed by atoms with E-state index in [0.717, 1.165) is 12.1 Å². The van der Waals surface area contributed by atoms with Gasteiger partial charge in [-0.2, -0.15) is 13.2 Å². The van der Waals surface area contributed by atoms with Gasteiger partial charge in [-0.15, -0.1) is 0 Å². The molecule has 25 heavy (non-hydrogen) atoms. The monoisotopic (exact) mass is 363 g/mol. The number of benzene rings is 1. The van der Waals surface area contributed by atoms with Gasteiger partial charge in [-0.25, -0.2) is 4.79 Å². The number of nitrogens with two attached hydrogens (primary N) is 1. The molecule has 0 fully saturated rings. The van der Waals surface area contributed by atoms with Crippen LogP contribution in [0.1, 0.15) is 12.0 Å². The molecule has 0 heterocycles. The molecule has 0 aliphatic carbocycles. The predicted octanol–water partition coefficient (Wildman–Crippen LogP) is 1.20. The van der Waals surface area contributed by atoms with Crippen molar-refractivity contribution in [3.05, 3.63) is 33.9 Å². The fourth-order valence-electron chi connectivity index (χ4n) is 1.80. The molecule has 3 amide bonds. The second-order valence-corrected chi connectivity index (χ2v) is 4.80. The summed E-state index contributed by atoms with van der Waals surface area (Å²) in [6.45, 7) is 0.188. The Bertz CT molecular complexity index is 651. The number of nitrogens with one attached hydrogen (secondary N) is 3. The van der Waals surface area contributed by atoms with Crippen LogP contribution in [0, 0.1) is 10.1 Å². The molecule has 0 radical (unpaired) electrons. The van der Waals surface area contributed by atoms with Gasteiger partial charge in [0.2, 0.25) is 5.91 Å². The summed E-state index contributed by atoms with van der Waals surface area (Å²) in [7, 11) is 0. The number of rotatable bonds is 8. The first-order valence-corrected chi connectivity index (χ1v) is 7.00. The average Bonchev–Trinajstić information content (AvgIpc) is 2.50. The van der Waals surface area contributed by atoms with Crippen LogP contribution in [0.4, 0.5) is 29.3 Å². The molecule has 0 aliphatic rings. The van der Waals surface area contributed by atoms with Crippen LogP contribution >= 0.6 is 0 Å². The second-order valence-electron chi connectivity index (χ2n) is 4.80. The highest BCUT2D eigenvalue weighted by Crippen LogP contribution is 2.34. The fraction of sp³-hybridized carbons (Fsp3) is 0.385. The number of carbonyl (C=O) groups is 2. The van der Waals surface area contributed by atoms with Crippen molar-refractivity contribution in [2.45, 2.75) is 12.6 Å². The molecular weight excluding hydrogens is 347 g/mol. The summed E-state index contributed by atoms with van der Waals surface area (Å²) in [4.78, 5) is 31.8. The molecule has 0 aromatic heterocycles. The van der Waals surface area contributed by atoms with E-state index < -0.39 is 34.3 Å². The van der Waals surface area contributed by atoms with Crippen LogP contribution in [0.15, 0.2) is 18.2 Å². The number of nitro benzene ring substituents is 1. The zero-order chi connectivity index (χ0) is 19.0. The van der Waals surface area contributed by atoms with Crippen LogP contribution < -0.4 is 21.7 Å². The molecule has 0 atom stereocenters. The maximum Gasteiger partial charge on any atom is 0.416 e. The SMILES string of the molecule is NC(=O)NCCC(=O)NCCNc1ccc(C(F)(F)F)cc1[N+](=O)[O-]. The van der Waals surface area contributed by atoms with E-state index in [2.05, 4.69) is 16.0 Å². The summed E-state index contributed by atoms with van der Waals surface area (Å²) in [5.41, 5.74) is 2.89. The van der Waals surface area contributed by atoms with Crippen molar-refractivity contribution in [1.29, 1.82) is 0 Å². The minimum atomic E-state index is -4.68. The molecule has 0 aliphatic heterocycles. The van der Waals surface area contributed by atoms with Gasteiger partial charge >= 0.3 is 12.2 Å². The number of hydrogen-bond donors (Lipinski definition) is 4. The molecule has 1 aromatic carbocycles. The average molecular weight is 363 g/mol. The van der Waals surface area contributed by atoms with Crippen LogP contribution in [0.25, 0.3) is 0 Å². The van der Waals surface area contributed by atoms with E-state index in [4.69, 9.17) is 5.73 Å². The number of carbonyl (C=O) groups excluding carboxylic acids is 2. The van der Waals surface area contributed by atoms with Crippen LogP contribution in [0.3, 0.4) is 0 Å². The number of nitro groups is 1. The number of primary amides is 1. The summed E-state index contributed by atoms with van der Waals surface area (Å²) < 4.78 is 37.8. The molecule has 12 heteroatoms. The van der Waals surface area contributed by atoms with E-state index in [1.54, 1.807) is 0 Å². The normalized spacial score (nSPS) is 10.8. The van der Waals surface area contributed by atoms with Crippen molar-refractivity contribution < 1.29 is 27.7 Å². The number of nitrogens with zero attached hydrogens (tertiary/aromatic N) is 1. The Morgan fingerprint density at radius 2 is 1.84 bits per heavy atom. The summed E-state index contributed by atoms with van der Waals surface area (Å²) in [5, 5.41) is 18.2. The van der Waals surface area contributed by atoms with Crippen molar-refractivity contribution in [3.8, 4) is 0 Å². The number of urea groups is 1. The number of halogens is 3. The lowest BCUT2D eigenvalue weighted by atomic mass is 10.1. The molecule has 1 rings (SSSR count). The highest BCUT2D eigenvalue weighted by atomic mass is 19.4. The first-order valence-electron chi connectivity index (χ1n) is 7.00. The number of anilines is 1. The Kier molecular flexibility index (Phi) is 6.96. The summed E-state index contributed by atoms with van der Waals surface area (Å²) in [6.07, 6.45) is -4.69. The largest absolute Gasteiger partial charge is 0.416 e. The summed E-state index contributed by atoms with van der Waals surface area (Å²) >= 11 is 0. The molecule has 9 nitrogen and oxygen atoms in total. The number of hydrogen-bond acceptors (Lipinski definition) is 5. The van der Waals surface area contributed by atoms with Gasteiger partial charge in [0.15, 0.2) is 0 Å². The van der Waals surface area contributed by atoms with Crippen molar-refractivity contribution in [2.24, 2.45) is 5.73 Å². The zero-order valence-corrected chi connectivity index (χ0v) is 12.9. The quantitative estimate of drug-likeness (QED) is 0.312. The Morgan fingerprint density at radius 1 is 1.16 bits per heavy atom. The van der Waals surface area contributed by atoms with Gasteiger partial charge in [-0.05, 0) is 12.1 Å². The van der Waals surface area contributed by atoms with Gasteiger partial charge in [0, 0.05) is 32.1 Å². The van der Waals surface area contributed by atoms with E-state index in [1.165, 1.54) is 0 Å². The van der Waals surface area contributed by atoms with Crippen LogP contribution in [-0.2, 0) is 11.0 Å². The lowest BCUT2D eigenvalue weighted by molar-refractivity contribution is -0.384. The minimum Gasteiger partial charge on any atom is -0.378 e. The highest BCUT2D eigenvalue weighted by Gasteiger charge is 2.32. The maximum atomic E-state index is 12.6. The Hall–Kier alpha value is -3.05. The third kappa shape index (κ3) is 6.93. The van der Waals surface area contributed by atoms with E-state index in [0.29, 0.717) is 6.07 Å². The van der Waals surface area contributed by atoms with Crippen molar-refractivity contribution >= 4 is 23.3 Å². The molecule has 0 saturated carbocycles. The third-order valence-corrected chi connectivity index (χ3v) is 2.94. The number of alkyl halides is 3. The second kappa shape index (κ2) is 8.70. The standard InChI is InChI=1S/C13H16F3N5O4/c14-13(15,16)8-1-2-9(10(7-8)21(24)25)18-5-6-19-11(22)3-4-20-12(17)23/h1-2,7,18H,3-6H2,(H,19,22)(H3,17,20,23). The molecule has 138 valence electrons. The first kappa shape index (κ1) is 20.0. The smallest absolute Gasteiger partial charge is 0.378 e. The van der Waals surface area contributed by atoms with Gasteiger partial charge in [0.1, 0.15) is 5.69 Å². The minimum absolute atomic E-state index is 0.0105. The lowest BCUT2D eigenvalue weighted by Crippen LogP contribution is -2.35. The third-order valence-electron chi connectivity index (χ3n) is 2.94. The van der Waals surface area contributed by atoms with E-state index in [-0.39, 0.29) is 31.7 Å². The zero-order valence-electron chi connectivity index (χ0n) is 12.9. The van der Waals surface area contributed by atoms with Gasteiger partial charge in [-0.1, -0.05) is 0 Å². The lowest BCUT2D eigenvalue weighted by Gasteiger charge is -2.11. The van der Waals surface area contributed by atoms with Crippen LogP contribution in [0.5, 0.6) is 0 Å². The van der Waals surface area contributed by atoms with Crippen molar-refractivity contribution in [1.82, 2.24) is 10.6 Å². The Morgan fingerprint density at radius 3 is 2.40 bits per heavy atom. The van der Waals surface area contributed by atoms with Crippen LogP contribution in [-0.4, -0.2) is 36.5 Å². The molecule has 0 bridgehead atoms. The fourth-order valence-corrected chi connectivity index (χ4v) is 1.80. The predicted molar refractivity (Wildman–Crippen MR) is 81.8 cm³/mol. The first-order chi connectivity index (χ1) is 11.6. The molecule has 0 saturated heterocycles. The Balaban J connectivity index is 2.53. The Labute approximate surface area is 139 Å². The van der Waals surface area contributed by atoms with Gasteiger partial charge < -0.3 is 21.7 Å². The topological polar surface area (TPSA) is 139 Å². The summed E-state index contributed by atoms with van der Waals surface area (Å²) in [6, 6.07) is 1.36. The van der Waals surface area contributed by atoms with Gasteiger partial charge in [-0.3, -0.25) is 14.9 Å². The number of amides is 3. The molecule has 0 unspecified atom stereocenters. The molecule has 1 aromatic rings. The molecule has 5 N–H and O–H groups in total. The van der Waals surface area contributed by atoms with E-state index in [1.807, 2.05) is 0 Å². The van der Waals surface area contributed by atoms with Gasteiger partial charge in [0.25, 0.3) is 5.69 Å². The van der Waals surface area contributed by atoms with Crippen molar-refractivity contribution in [2.75, 3.05) is 25.0 Å². The maximum absolute atomic E-state index is 12.6. The molecular formula is C13H16F3N5O4. The van der Waals surface area contributed by atoms with Crippen molar-refractivity contribution in [3.63, 3.8) is 0 Å². The highest BCUT2D eigenvalue weighted by molar-refractivity contribution is 5.77. The van der Waals surface area contributed by atoms with Crippen LogP contribution in [0.2, 0.25) is 0 Å². The van der Waals surface area contributed by atoms with E-state index in [9.17, 15) is 32.9 Å². The molecule has 0 spiro atoms.